The van der Waals surface area contributed by atoms with Crippen LogP contribution >= 0.6 is 0 Å². The van der Waals surface area contributed by atoms with Gasteiger partial charge in [0.25, 0.3) is 5.56 Å². The Kier molecular flexibility index (Phi) is 4.94. The molecule has 2 aromatic rings. The molecule has 6 nitrogen and oxygen atoms in total. The van der Waals surface area contributed by atoms with Gasteiger partial charge in [-0.05, 0) is 25.5 Å². The number of aromatic amines is 1. The number of nitrogens with zero attached hydrogens (tertiary/aromatic N) is 1. The molecule has 0 aliphatic carbocycles. The zero-order valence-electron chi connectivity index (χ0n) is 12.1. The molecule has 0 atom stereocenters. The highest BCUT2D eigenvalue weighted by atomic mass is 16.5. The van der Waals surface area contributed by atoms with Crippen LogP contribution in [0, 0.1) is 0 Å². The summed E-state index contributed by atoms with van der Waals surface area (Å²) in [6.07, 6.45) is 0.448. The Labute approximate surface area is 122 Å². The van der Waals surface area contributed by atoms with Gasteiger partial charge in [0.2, 0.25) is 5.88 Å². The molecule has 112 valence electrons. The van der Waals surface area contributed by atoms with E-state index in [1.807, 2.05) is 25.1 Å². The number of para-hydroxylation sites is 1. The highest BCUT2D eigenvalue weighted by molar-refractivity contribution is 5.30. The molecule has 0 amide bonds. The lowest BCUT2D eigenvalue weighted by molar-refractivity contribution is 0.0816. The quantitative estimate of drug-likeness (QED) is 0.881. The van der Waals surface area contributed by atoms with Crippen molar-refractivity contribution >= 4 is 0 Å². The van der Waals surface area contributed by atoms with Crippen LogP contribution in [0.5, 0.6) is 11.6 Å². The van der Waals surface area contributed by atoms with Gasteiger partial charge in [-0.3, -0.25) is 9.78 Å². The van der Waals surface area contributed by atoms with Crippen molar-refractivity contribution in [1.82, 2.24) is 9.55 Å². The second-order valence-corrected chi connectivity index (χ2v) is 4.36. The summed E-state index contributed by atoms with van der Waals surface area (Å²) in [6, 6.07) is 8.99. The lowest BCUT2D eigenvalue weighted by Crippen LogP contribution is -2.38. The van der Waals surface area contributed by atoms with Gasteiger partial charge in [0.05, 0.1) is 5.56 Å². The molecule has 1 N–H and O–H groups in total. The minimum Gasteiger partial charge on any atom is -0.440 e. The minimum absolute atomic E-state index is 0.0662. The summed E-state index contributed by atoms with van der Waals surface area (Å²) in [6.45, 7) is 3.99. The van der Waals surface area contributed by atoms with Crippen molar-refractivity contribution in [3.63, 3.8) is 0 Å². The van der Waals surface area contributed by atoms with Crippen LogP contribution in [0.15, 0.2) is 39.9 Å². The molecular formula is C15H18N2O4. The fourth-order valence-electron chi connectivity index (χ4n) is 1.90. The number of H-pyrrole nitrogens is 1. The summed E-state index contributed by atoms with van der Waals surface area (Å²) in [7, 11) is 0. The molecule has 0 aliphatic heterocycles. The van der Waals surface area contributed by atoms with Crippen molar-refractivity contribution in [1.29, 1.82) is 0 Å². The average Bonchev–Trinajstić information content (AvgIpc) is 2.48. The maximum absolute atomic E-state index is 12.3. The van der Waals surface area contributed by atoms with Crippen molar-refractivity contribution in [2.45, 2.75) is 27.0 Å². The third-order valence-electron chi connectivity index (χ3n) is 2.98. The Hall–Kier alpha value is -2.34. The minimum atomic E-state index is -0.545. The maximum Gasteiger partial charge on any atom is 0.333 e. The van der Waals surface area contributed by atoms with Gasteiger partial charge in [0.1, 0.15) is 12.5 Å². The number of ether oxygens (including phenoxy) is 2. The molecule has 0 saturated heterocycles. The van der Waals surface area contributed by atoms with Crippen LogP contribution in [0.3, 0.4) is 0 Å². The Morgan fingerprint density at radius 2 is 1.86 bits per heavy atom. The largest absolute Gasteiger partial charge is 0.440 e. The van der Waals surface area contributed by atoms with Crippen LogP contribution in [-0.4, -0.2) is 16.2 Å². The topological polar surface area (TPSA) is 73.3 Å². The van der Waals surface area contributed by atoms with E-state index >= 15 is 0 Å². The summed E-state index contributed by atoms with van der Waals surface area (Å²) in [5, 5.41) is 0. The van der Waals surface area contributed by atoms with Crippen molar-refractivity contribution < 1.29 is 9.47 Å². The Morgan fingerprint density at radius 3 is 2.48 bits per heavy atom. The molecule has 0 bridgehead atoms. The Morgan fingerprint density at radius 1 is 1.14 bits per heavy atom. The van der Waals surface area contributed by atoms with Gasteiger partial charge in [-0.25, -0.2) is 9.36 Å². The molecule has 6 heteroatoms. The van der Waals surface area contributed by atoms with Gasteiger partial charge in [-0.15, -0.1) is 0 Å². The van der Waals surface area contributed by atoms with Crippen molar-refractivity contribution in [3.8, 4) is 11.6 Å². The molecule has 1 aromatic carbocycles. The first-order valence-electron chi connectivity index (χ1n) is 6.84. The van der Waals surface area contributed by atoms with E-state index in [9.17, 15) is 9.59 Å². The highest BCUT2D eigenvalue weighted by Gasteiger charge is 2.14. The summed E-state index contributed by atoms with van der Waals surface area (Å²) in [4.78, 5) is 26.9. The van der Waals surface area contributed by atoms with Crippen LogP contribution in [-0.2, 0) is 17.9 Å². The standard InChI is InChI=1S/C15H18N2O4/c1-3-12-13(21-11-8-6-5-7-9-11)16-15(19)17(14(12)18)10-20-4-2/h5-9H,3-4,10H2,1-2H3,(H,16,19). The molecule has 21 heavy (non-hydrogen) atoms. The zero-order valence-corrected chi connectivity index (χ0v) is 12.1. The Balaban J connectivity index is 2.43. The van der Waals surface area contributed by atoms with Crippen molar-refractivity contribution in [2.24, 2.45) is 0 Å². The molecule has 0 unspecified atom stereocenters. The molecule has 1 aromatic heterocycles. The van der Waals surface area contributed by atoms with E-state index in [0.29, 0.717) is 24.3 Å². The summed E-state index contributed by atoms with van der Waals surface area (Å²) < 4.78 is 11.8. The second kappa shape index (κ2) is 6.90. The number of rotatable bonds is 6. The fourth-order valence-corrected chi connectivity index (χ4v) is 1.90. The third kappa shape index (κ3) is 3.41. The van der Waals surface area contributed by atoms with E-state index in [4.69, 9.17) is 9.47 Å². The zero-order chi connectivity index (χ0) is 15.2. The van der Waals surface area contributed by atoms with E-state index in [1.165, 1.54) is 0 Å². The number of aromatic nitrogens is 2. The van der Waals surface area contributed by atoms with E-state index in [1.54, 1.807) is 19.1 Å². The smallest absolute Gasteiger partial charge is 0.333 e. The normalized spacial score (nSPS) is 10.6. The molecule has 0 radical (unpaired) electrons. The number of hydrogen-bond acceptors (Lipinski definition) is 4. The summed E-state index contributed by atoms with van der Waals surface area (Å²) >= 11 is 0. The van der Waals surface area contributed by atoms with Gasteiger partial charge in [0, 0.05) is 6.61 Å². The molecular weight excluding hydrogens is 272 g/mol. The molecule has 0 saturated carbocycles. The monoisotopic (exact) mass is 290 g/mol. The van der Waals surface area contributed by atoms with Crippen molar-refractivity contribution in [2.75, 3.05) is 6.61 Å². The predicted molar refractivity (Wildman–Crippen MR) is 78.8 cm³/mol. The van der Waals surface area contributed by atoms with Crippen LogP contribution in [0.2, 0.25) is 0 Å². The summed E-state index contributed by atoms with van der Waals surface area (Å²) in [5.74, 6) is 0.747. The van der Waals surface area contributed by atoms with Crippen LogP contribution < -0.4 is 16.0 Å². The molecule has 0 fully saturated rings. The SMILES string of the molecule is CCOCn1c(=O)[nH]c(Oc2ccccc2)c(CC)c1=O. The van der Waals surface area contributed by atoms with E-state index < -0.39 is 5.69 Å². The van der Waals surface area contributed by atoms with E-state index in [2.05, 4.69) is 4.98 Å². The number of nitrogens with one attached hydrogen (secondary N) is 1. The Bertz CT molecular complexity index is 704. The molecule has 0 aliphatic rings. The van der Waals surface area contributed by atoms with E-state index in [-0.39, 0.29) is 18.2 Å². The van der Waals surface area contributed by atoms with Gasteiger partial charge >= 0.3 is 5.69 Å². The average molecular weight is 290 g/mol. The van der Waals surface area contributed by atoms with Crippen LogP contribution in [0.1, 0.15) is 19.4 Å². The first-order chi connectivity index (χ1) is 10.2. The molecule has 1 heterocycles. The lowest BCUT2D eigenvalue weighted by atomic mass is 10.2. The fraction of sp³-hybridized carbons (Fsp3) is 0.333. The third-order valence-corrected chi connectivity index (χ3v) is 2.98. The van der Waals surface area contributed by atoms with Gasteiger partial charge in [-0.1, -0.05) is 25.1 Å². The van der Waals surface area contributed by atoms with Crippen LogP contribution in [0.25, 0.3) is 0 Å². The first kappa shape index (κ1) is 15.1. The predicted octanol–water partition coefficient (Wildman–Crippen LogP) is 1.89. The molecule has 0 spiro atoms. The lowest BCUT2D eigenvalue weighted by Gasteiger charge is -2.12. The highest BCUT2D eigenvalue weighted by Crippen LogP contribution is 2.19. The van der Waals surface area contributed by atoms with Crippen molar-refractivity contribution in [3.05, 3.63) is 56.7 Å². The maximum atomic E-state index is 12.3. The van der Waals surface area contributed by atoms with E-state index in [0.717, 1.165) is 4.57 Å². The second-order valence-electron chi connectivity index (χ2n) is 4.36. The van der Waals surface area contributed by atoms with Gasteiger partial charge < -0.3 is 9.47 Å². The summed E-state index contributed by atoms with van der Waals surface area (Å²) in [5.41, 5.74) is -0.518. The number of benzene rings is 1. The first-order valence-corrected chi connectivity index (χ1v) is 6.84. The molecule has 2 rings (SSSR count). The van der Waals surface area contributed by atoms with Gasteiger partial charge in [0.15, 0.2) is 0 Å². The van der Waals surface area contributed by atoms with Gasteiger partial charge in [-0.2, -0.15) is 0 Å². The number of hydrogen-bond donors (Lipinski definition) is 1. The van der Waals surface area contributed by atoms with Crippen LogP contribution in [0.4, 0.5) is 0 Å².